The number of aromatic nitrogens is 4. The van der Waals surface area contributed by atoms with Crippen molar-refractivity contribution in [3.8, 4) is 0 Å². The summed E-state index contributed by atoms with van der Waals surface area (Å²) in [6.07, 6.45) is 5.07. The third-order valence-electron chi connectivity index (χ3n) is 5.95. The minimum absolute atomic E-state index is 0.0444. The number of nitro benzene ring substituents is 1. The second-order valence-corrected chi connectivity index (χ2v) is 8.19. The summed E-state index contributed by atoms with van der Waals surface area (Å²) >= 11 is 0. The smallest absolute Gasteiger partial charge is 0.293 e. The summed E-state index contributed by atoms with van der Waals surface area (Å²) in [5, 5.41) is 16.3. The average Bonchev–Trinajstić information content (AvgIpc) is 3.31. The zero-order chi connectivity index (χ0) is 22.1. The van der Waals surface area contributed by atoms with E-state index < -0.39 is 4.92 Å². The zero-order valence-corrected chi connectivity index (χ0v) is 18.0. The van der Waals surface area contributed by atoms with Crippen LogP contribution >= 0.6 is 0 Å². The van der Waals surface area contributed by atoms with Gasteiger partial charge in [-0.1, -0.05) is 0 Å². The Morgan fingerprint density at radius 2 is 1.97 bits per heavy atom. The van der Waals surface area contributed by atoms with Crippen molar-refractivity contribution in [3.63, 3.8) is 0 Å². The van der Waals surface area contributed by atoms with Gasteiger partial charge >= 0.3 is 0 Å². The fourth-order valence-electron chi connectivity index (χ4n) is 4.25. The van der Waals surface area contributed by atoms with Gasteiger partial charge in [0.1, 0.15) is 5.69 Å². The number of benzene rings is 1. The molecule has 162 valence electrons. The molecular formula is C22H26N6O3. The lowest BCUT2D eigenvalue weighted by Crippen LogP contribution is -2.35. The molecule has 0 radical (unpaired) electrons. The van der Waals surface area contributed by atoms with Crippen molar-refractivity contribution in [1.29, 1.82) is 0 Å². The number of ketones is 1. The number of hydrogen-bond donors (Lipinski definition) is 0. The Bertz CT molecular complexity index is 1120. The Balaban J connectivity index is 1.49. The molecule has 9 heteroatoms. The van der Waals surface area contributed by atoms with E-state index in [1.165, 1.54) is 12.3 Å². The van der Waals surface area contributed by atoms with Crippen LogP contribution in [0.2, 0.25) is 0 Å². The van der Waals surface area contributed by atoms with Crippen LogP contribution in [0.15, 0.2) is 36.7 Å². The van der Waals surface area contributed by atoms with E-state index in [9.17, 15) is 14.9 Å². The first kappa shape index (κ1) is 20.8. The first-order valence-electron chi connectivity index (χ1n) is 10.4. The van der Waals surface area contributed by atoms with Crippen molar-refractivity contribution < 1.29 is 9.72 Å². The maximum atomic E-state index is 12.7. The first-order valence-corrected chi connectivity index (χ1v) is 10.4. The first-order chi connectivity index (χ1) is 14.8. The van der Waals surface area contributed by atoms with Crippen LogP contribution in [0.1, 0.15) is 40.4 Å². The maximum absolute atomic E-state index is 12.7. The normalized spacial score (nSPS) is 14.7. The van der Waals surface area contributed by atoms with Crippen LogP contribution in [0.25, 0.3) is 0 Å². The molecule has 2 aromatic heterocycles. The minimum atomic E-state index is -0.410. The van der Waals surface area contributed by atoms with E-state index in [1.807, 2.05) is 11.8 Å². The molecule has 4 rings (SSSR count). The largest absolute Gasteiger partial charge is 0.366 e. The van der Waals surface area contributed by atoms with Gasteiger partial charge in [0, 0.05) is 56.4 Å². The van der Waals surface area contributed by atoms with E-state index in [2.05, 4.69) is 27.8 Å². The Hall–Kier alpha value is -3.49. The molecule has 0 unspecified atom stereocenters. The summed E-state index contributed by atoms with van der Waals surface area (Å²) in [5.41, 5.74) is 2.96. The number of nitro groups is 1. The van der Waals surface area contributed by atoms with Crippen LogP contribution in [-0.2, 0) is 13.6 Å². The minimum Gasteiger partial charge on any atom is -0.366 e. The number of aryl methyl sites for hydroxylation is 3. The molecule has 1 saturated heterocycles. The van der Waals surface area contributed by atoms with Gasteiger partial charge in [0.15, 0.2) is 5.82 Å². The van der Waals surface area contributed by atoms with Crippen molar-refractivity contribution in [1.82, 2.24) is 19.3 Å². The molecule has 31 heavy (non-hydrogen) atoms. The topological polar surface area (TPSA) is 99.1 Å². The Kier molecular flexibility index (Phi) is 5.58. The van der Waals surface area contributed by atoms with Gasteiger partial charge in [0.25, 0.3) is 5.69 Å². The molecule has 9 nitrogen and oxygen atoms in total. The molecule has 1 aliphatic rings. The van der Waals surface area contributed by atoms with Gasteiger partial charge in [-0.05, 0) is 50.8 Å². The number of anilines is 1. The molecule has 3 aromatic rings. The van der Waals surface area contributed by atoms with E-state index >= 15 is 0 Å². The van der Waals surface area contributed by atoms with Crippen LogP contribution in [0.4, 0.5) is 11.4 Å². The molecule has 1 aliphatic heterocycles. The van der Waals surface area contributed by atoms with Gasteiger partial charge in [-0.25, -0.2) is 4.98 Å². The molecule has 0 aliphatic carbocycles. The molecule has 0 saturated carbocycles. The van der Waals surface area contributed by atoms with Crippen molar-refractivity contribution in [2.75, 3.05) is 18.0 Å². The zero-order valence-electron chi connectivity index (χ0n) is 18.0. The second kappa shape index (κ2) is 8.33. The van der Waals surface area contributed by atoms with E-state index in [1.54, 1.807) is 29.9 Å². The molecule has 0 atom stereocenters. The lowest BCUT2D eigenvalue weighted by molar-refractivity contribution is -0.384. The quantitative estimate of drug-likeness (QED) is 0.343. The standard InChI is InChI=1S/C22H26N6O3/c1-15-12-16(2)27(24-15)14-17-6-9-26(10-7-17)19-5-4-18(13-20(19)28(30)31)21(29)22-23-8-11-25(22)3/h4-5,8,11-13,17H,6-7,9-10,14H2,1-3H3. The predicted molar refractivity (Wildman–Crippen MR) is 116 cm³/mol. The highest BCUT2D eigenvalue weighted by molar-refractivity contribution is 6.07. The van der Waals surface area contributed by atoms with Crippen LogP contribution < -0.4 is 4.90 Å². The number of carbonyl (C=O) groups is 1. The lowest BCUT2D eigenvalue weighted by Gasteiger charge is -2.33. The summed E-state index contributed by atoms with van der Waals surface area (Å²) in [6, 6.07) is 6.79. The van der Waals surface area contributed by atoms with Gasteiger partial charge in [0.05, 0.1) is 10.6 Å². The molecule has 1 fully saturated rings. The van der Waals surface area contributed by atoms with Gasteiger partial charge < -0.3 is 9.47 Å². The number of rotatable bonds is 6. The maximum Gasteiger partial charge on any atom is 0.293 e. The van der Waals surface area contributed by atoms with Gasteiger partial charge in [-0.3, -0.25) is 19.6 Å². The Morgan fingerprint density at radius 3 is 2.55 bits per heavy atom. The van der Waals surface area contributed by atoms with Crippen LogP contribution in [-0.4, -0.2) is 43.1 Å². The average molecular weight is 422 g/mol. The molecule has 0 amide bonds. The number of carbonyl (C=O) groups excluding carboxylic acids is 1. The summed E-state index contributed by atoms with van der Waals surface area (Å²) < 4.78 is 3.66. The van der Waals surface area contributed by atoms with Gasteiger partial charge in [-0.2, -0.15) is 5.10 Å². The summed E-state index contributed by atoms with van der Waals surface area (Å²) in [7, 11) is 1.72. The van der Waals surface area contributed by atoms with E-state index in [4.69, 9.17) is 0 Å². The van der Waals surface area contributed by atoms with Gasteiger partial charge in [0.2, 0.25) is 5.78 Å². The lowest BCUT2D eigenvalue weighted by atomic mass is 9.96. The highest BCUT2D eigenvalue weighted by atomic mass is 16.6. The molecule has 0 bridgehead atoms. The van der Waals surface area contributed by atoms with Crippen molar-refractivity contribution in [2.24, 2.45) is 13.0 Å². The fraction of sp³-hybridized carbons (Fsp3) is 0.409. The predicted octanol–water partition coefficient (Wildman–Crippen LogP) is 3.29. The molecular weight excluding hydrogens is 396 g/mol. The number of hydrogen-bond acceptors (Lipinski definition) is 6. The third-order valence-corrected chi connectivity index (χ3v) is 5.95. The monoisotopic (exact) mass is 422 g/mol. The molecule has 0 spiro atoms. The van der Waals surface area contributed by atoms with Crippen LogP contribution in [0, 0.1) is 29.9 Å². The van der Waals surface area contributed by atoms with E-state index in [0.717, 1.165) is 43.9 Å². The van der Waals surface area contributed by atoms with E-state index in [-0.39, 0.29) is 22.9 Å². The highest BCUT2D eigenvalue weighted by Gasteiger charge is 2.27. The van der Waals surface area contributed by atoms with Crippen LogP contribution in [0.3, 0.4) is 0 Å². The molecule has 1 aromatic carbocycles. The molecule has 0 N–H and O–H groups in total. The summed E-state index contributed by atoms with van der Waals surface area (Å²) in [4.78, 5) is 30.2. The highest BCUT2D eigenvalue weighted by Crippen LogP contribution is 2.33. The van der Waals surface area contributed by atoms with E-state index in [0.29, 0.717) is 11.6 Å². The van der Waals surface area contributed by atoms with Crippen molar-refractivity contribution in [3.05, 3.63) is 69.5 Å². The van der Waals surface area contributed by atoms with Crippen molar-refractivity contribution in [2.45, 2.75) is 33.2 Å². The Morgan fingerprint density at radius 1 is 1.23 bits per heavy atom. The number of nitrogens with zero attached hydrogens (tertiary/aromatic N) is 6. The number of piperidine rings is 1. The van der Waals surface area contributed by atoms with Crippen molar-refractivity contribution >= 4 is 17.2 Å². The second-order valence-electron chi connectivity index (χ2n) is 8.19. The van der Waals surface area contributed by atoms with Gasteiger partial charge in [-0.15, -0.1) is 0 Å². The third kappa shape index (κ3) is 4.21. The SMILES string of the molecule is Cc1cc(C)n(CC2CCN(c3ccc(C(=O)c4nccn4C)cc3[N+](=O)[O-])CC2)n1. The Labute approximate surface area is 180 Å². The fourth-order valence-corrected chi connectivity index (χ4v) is 4.25. The number of imidazole rings is 1. The molecule has 3 heterocycles. The summed E-state index contributed by atoms with van der Waals surface area (Å²) in [5.74, 6) is 0.412. The van der Waals surface area contributed by atoms with Crippen LogP contribution in [0.5, 0.6) is 0 Å². The summed E-state index contributed by atoms with van der Waals surface area (Å²) in [6.45, 7) is 6.39.